The lowest BCUT2D eigenvalue weighted by Crippen LogP contribution is -2.51. The van der Waals surface area contributed by atoms with Gasteiger partial charge in [-0.3, -0.25) is 4.79 Å². The molecular formula is C12H16ClN3O4S. The maximum atomic E-state index is 12.4. The first-order chi connectivity index (χ1) is 9.95. The van der Waals surface area contributed by atoms with Crippen LogP contribution >= 0.6 is 11.6 Å². The fourth-order valence-electron chi connectivity index (χ4n) is 2.06. The minimum atomic E-state index is -3.60. The first kappa shape index (κ1) is 16.2. The van der Waals surface area contributed by atoms with Crippen LogP contribution in [0.15, 0.2) is 23.2 Å². The first-order valence-corrected chi connectivity index (χ1v) is 8.15. The van der Waals surface area contributed by atoms with Gasteiger partial charge in [0.2, 0.25) is 15.9 Å². The van der Waals surface area contributed by atoms with Crippen LogP contribution < -0.4 is 0 Å². The van der Waals surface area contributed by atoms with Gasteiger partial charge < -0.3 is 9.64 Å². The number of hydrogen-bond donors (Lipinski definition) is 0. The second-order valence-corrected chi connectivity index (χ2v) is 6.86. The average molecular weight is 334 g/mol. The number of pyridine rings is 1. The van der Waals surface area contributed by atoms with Crippen molar-refractivity contribution in [1.82, 2.24) is 14.2 Å². The van der Waals surface area contributed by atoms with E-state index in [1.54, 1.807) is 4.90 Å². The number of sulfonamides is 1. The summed E-state index contributed by atoms with van der Waals surface area (Å²) in [6.45, 7) is 1.21. The molecule has 1 aromatic rings. The number of methoxy groups -OCH3 is 1. The fourth-order valence-corrected chi connectivity index (χ4v) is 3.54. The number of aromatic nitrogens is 1. The minimum Gasteiger partial charge on any atom is -0.375 e. The summed E-state index contributed by atoms with van der Waals surface area (Å²) in [6.07, 6.45) is 1.24. The molecule has 7 nitrogen and oxygen atoms in total. The van der Waals surface area contributed by atoms with Gasteiger partial charge in [0, 0.05) is 39.5 Å². The Kier molecular flexibility index (Phi) is 5.15. The summed E-state index contributed by atoms with van der Waals surface area (Å²) in [7, 11) is -2.15. The van der Waals surface area contributed by atoms with E-state index in [0.717, 1.165) is 0 Å². The van der Waals surface area contributed by atoms with E-state index in [1.165, 1.54) is 29.7 Å². The van der Waals surface area contributed by atoms with Crippen molar-refractivity contribution in [3.05, 3.63) is 23.5 Å². The highest BCUT2D eigenvalue weighted by Crippen LogP contribution is 2.18. The summed E-state index contributed by atoms with van der Waals surface area (Å²) in [5, 5.41) is 0.240. The SMILES string of the molecule is COCC(=O)N1CCN(S(=O)(=O)c2ccc(Cl)nc2)CC1. The van der Waals surface area contributed by atoms with Crippen LogP contribution in [0.25, 0.3) is 0 Å². The summed E-state index contributed by atoms with van der Waals surface area (Å²) < 4.78 is 31.0. The van der Waals surface area contributed by atoms with Crippen LogP contribution in [-0.2, 0) is 19.6 Å². The highest BCUT2D eigenvalue weighted by atomic mass is 35.5. The second-order valence-electron chi connectivity index (χ2n) is 4.53. The third-order valence-corrected chi connectivity index (χ3v) is 5.30. The second kappa shape index (κ2) is 6.69. The number of carbonyl (C=O) groups is 1. The smallest absolute Gasteiger partial charge is 0.248 e. The Bertz CT molecular complexity index is 597. The van der Waals surface area contributed by atoms with Crippen molar-refractivity contribution in [3.63, 3.8) is 0 Å². The Balaban J connectivity index is 2.04. The van der Waals surface area contributed by atoms with E-state index in [-0.39, 0.29) is 35.7 Å². The molecule has 0 atom stereocenters. The van der Waals surface area contributed by atoms with Crippen molar-refractivity contribution in [3.8, 4) is 0 Å². The average Bonchev–Trinajstić information content (AvgIpc) is 2.48. The van der Waals surface area contributed by atoms with Crippen molar-refractivity contribution < 1.29 is 17.9 Å². The molecule has 0 unspecified atom stereocenters. The van der Waals surface area contributed by atoms with Gasteiger partial charge in [0.25, 0.3) is 0 Å². The van der Waals surface area contributed by atoms with Crippen LogP contribution in [-0.4, -0.2) is 68.4 Å². The quantitative estimate of drug-likeness (QED) is 0.736. The zero-order valence-corrected chi connectivity index (χ0v) is 13.1. The molecule has 0 aliphatic carbocycles. The molecule has 0 aromatic carbocycles. The summed E-state index contributed by atoms with van der Waals surface area (Å²) in [4.78, 5) is 17.1. The molecule has 2 rings (SSSR count). The van der Waals surface area contributed by atoms with E-state index in [2.05, 4.69) is 4.98 Å². The van der Waals surface area contributed by atoms with Crippen molar-refractivity contribution in [1.29, 1.82) is 0 Å². The molecule has 1 fully saturated rings. The summed E-state index contributed by atoms with van der Waals surface area (Å²) in [5.41, 5.74) is 0. The van der Waals surface area contributed by atoms with Crippen molar-refractivity contribution in [2.75, 3.05) is 39.9 Å². The zero-order valence-electron chi connectivity index (χ0n) is 11.5. The number of nitrogens with zero attached hydrogens (tertiary/aromatic N) is 3. The lowest BCUT2D eigenvalue weighted by molar-refractivity contribution is -0.136. The Hall–Kier alpha value is -1.22. The van der Waals surface area contributed by atoms with Gasteiger partial charge in [-0.1, -0.05) is 11.6 Å². The van der Waals surface area contributed by atoms with Crippen molar-refractivity contribution in [2.45, 2.75) is 4.90 Å². The van der Waals surface area contributed by atoms with Crippen LogP contribution in [0, 0.1) is 0 Å². The van der Waals surface area contributed by atoms with E-state index < -0.39 is 10.0 Å². The van der Waals surface area contributed by atoms with E-state index >= 15 is 0 Å². The zero-order chi connectivity index (χ0) is 15.5. The molecule has 0 radical (unpaired) electrons. The molecule has 21 heavy (non-hydrogen) atoms. The Morgan fingerprint density at radius 2 is 2.00 bits per heavy atom. The predicted molar refractivity (Wildman–Crippen MR) is 76.5 cm³/mol. The molecular weight excluding hydrogens is 318 g/mol. The maximum absolute atomic E-state index is 12.4. The minimum absolute atomic E-state index is 0.00779. The van der Waals surface area contributed by atoms with E-state index in [4.69, 9.17) is 16.3 Å². The van der Waals surface area contributed by atoms with E-state index in [9.17, 15) is 13.2 Å². The third-order valence-electron chi connectivity index (χ3n) is 3.20. The lowest BCUT2D eigenvalue weighted by Gasteiger charge is -2.33. The Morgan fingerprint density at radius 1 is 1.33 bits per heavy atom. The molecule has 1 amide bonds. The van der Waals surface area contributed by atoms with Gasteiger partial charge in [-0.05, 0) is 12.1 Å². The first-order valence-electron chi connectivity index (χ1n) is 6.33. The molecule has 0 spiro atoms. The van der Waals surface area contributed by atoms with Gasteiger partial charge in [0.05, 0.1) is 0 Å². The maximum Gasteiger partial charge on any atom is 0.248 e. The number of hydrogen-bond acceptors (Lipinski definition) is 5. The molecule has 0 N–H and O–H groups in total. The van der Waals surface area contributed by atoms with Crippen LogP contribution in [0.5, 0.6) is 0 Å². The number of rotatable bonds is 4. The highest BCUT2D eigenvalue weighted by molar-refractivity contribution is 7.89. The van der Waals surface area contributed by atoms with Crippen molar-refractivity contribution >= 4 is 27.5 Å². The highest BCUT2D eigenvalue weighted by Gasteiger charge is 2.30. The standard InChI is InChI=1S/C12H16ClN3O4S/c1-20-9-12(17)15-4-6-16(7-5-15)21(18,19)10-2-3-11(13)14-8-10/h2-3,8H,4-7,9H2,1H3. The number of ether oxygens (including phenoxy) is 1. The largest absolute Gasteiger partial charge is 0.375 e. The summed E-state index contributed by atoms with van der Waals surface area (Å²) in [5.74, 6) is -0.136. The number of piperazine rings is 1. The molecule has 9 heteroatoms. The van der Waals surface area contributed by atoms with Gasteiger partial charge in [-0.25, -0.2) is 13.4 Å². The topological polar surface area (TPSA) is 79.8 Å². The van der Waals surface area contributed by atoms with Gasteiger partial charge in [-0.2, -0.15) is 4.31 Å². The molecule has 0 bridgehead atoms. The normalized spacial score (nSPS) is 17.0. The molecule has 0 saturated carbocycles. The molecule has 1 aliphatic heterocycles. The van der Waals surface area contributed by atoms with E-state index in [0.29, 0.717) is 13.1 Å². The summed E-state index contributed by atoms with van der Waals surface area (Å²) >= 11 is 5.66. The Labute approximate surface area is 128 Å². The van der Waals surface area contributed by atoms with Crippen LogP contribution in [0.1, 0.15) is 0 Å². The van der Waals surface area contributed by atoms with Crippen molar-refractivity contribution in [2.24, 2.45) is 0 Å². The molecule has 1 saturated heterocycles. The molecule has 2 heterocycles. The number of halogens is 1. The van der Waals surface area contributed by atoms with Crippen LogP contribution in [0.4, 0.5) is 0 Å². The monoisotopic (exact) mass is 333 g/mol. The van der Waals surface area contributed by atoms with E-state index in [1.807, 2.05) is 0 Å². The number of carbonyl (C=O) groups excluding carboxylic acids is 1. The van der Waals surface area contributed by atoms with Gasteiger partial charge in [-0.15, -0.1) is 0 Å². The van der Waals surface area contributed by atoms with Gasteiger partial charge in [0.15, 0.2) is 0 Å². The van der Waals surface area contributed by atoms with Gasteiger partial charge >= 0.3 is 0 Å². The number of amides is 1. The summed E-state index contributed by atoms with van der Waals surface area (Å²) in [6, 6.07) is 2.86. The Morgan fingerprint density at radius 3 is 2.52 bits per heavy atom. The third kappa shape index (κ3) is 3.70. The lowest BCUT2D eigenvalue weighted by atomic mass is 10.3. The molecule has 1 aliphatic rings. The van der Waals surface area contributed by atoms with Crippen LogP contribution in [0.3, 0.4) is 0 Å². The predicted octanol–water partition coefficient (Wildman–Crippen LogP) is 0.214. The fraction of sp³-hybridized carbons (Fsp3) is 0.500. The molecule has 1 aromatic heterocycles. The van der Waals surface area contributed by atoms with Crippen LogP contribution in [0.2, 0.25) is 5.15 Å². The van der Waals surface area contributed by atoms with Gasteiger partial charge in [0.1, 0.15) is 16.7 Å². The molecule has 116 valence electrons.